The van der Waals surface area contributed by atoms with Crippen LogP contribution in [0, 0.1) is 5.82 Å². The Morgan fingerprint density at radius 1 is 1.39 bits per heavy atom. The summed E-state index contributed by atoms with van der Waals surface area (Å²) in [5.74, 6) is 0.212. The Morgan fingerprint density at radius 3 is 2.94 bits per heavy atom. The first-order valence-corrected chi connectivity index (χ1v) is 5.39. The SMILES string of the molecule is O=C(NCCc1ncn[nH]1)Nc1ccccc1F. The molecule has 0 saturated heterocycles. The van der Waals surface area contributed by atoms with E-state index in [1.54, 1.807) is 12.1 Å². The Balaban J connectivity index is 1.77. The van der Waals surface area contributed by atoms with Gasteiger partial charge in [-0.2, -0.15) is 5.10 Å². The van der Waals surface area contributed by atoms with Crippen LogP contribution in [0.2, 0.25) is 0 Å². The summed E-state index contributed by atoms with van der Waals surface area (Å²) >= 11 is 0. The second-order valence-corrected chi connectivity index (χ2v) is 3.54. The molecule has 0 aliphatic rings. The van der Waals surface area contributed by atoms with Crippen molar-refractivity contribution in [3.8, 4) is 0 Å². The molecule has 3 N–H and O–H groups in total. The van der Waals surface area contributed by atoms with E-state index in [0.29, 0.717) is 18.8 Å². The second kappa shape index (κ2) is 5.76. The lowest BCUT2D eigenvalue weighted by molar-refractivity contribution is 0.252. The summed E-state index contributed by atoms with van der Waals surface area (Å²) in [4.78, 5) is 15.4. The van der Waals surface area contributed by atoms with Crippen LogP contribution in [0.25, 0.3) is 0 Å². The molecular weight excluding hydrogens is 237 g/mol. The summed E-state index contributed by atoms with van der Waals surface area (Å²) in [6.45, 7) is 0.384. The van der Waals surface area contributed by atoms with Crippen LogP contribution in [0.4, 0.5) is 14.9 Å². The van der Waals surface area contributed by atoms with Crippen molar-refractivity contribution >= 4 is 11.7 Å². The molecule has 0 bridgehead atoms. The number of nitrogens with zero attached hydrogens (tertiary/aromatic N) is 2. The highest BCUT2D eigenvalue weighted by Gasteiger charge is 2.05. The lowest BCUT2D eigenvalue weighted by Gasteiger charge is -2.07. The van der Waals surface area contributed by atoms with Gasteiger partial charge in [0.1, 0.15) is 18.0 Å². The van der Waals surface area contributed by atoms with Crippen LogP contribution in [0.3, 0.4) is 0 Å². The summed E-state index contributed by atoms with van der Waals surface area (Å²) in [5.41, 5.74) is 0.148. The first-order chi connectivity index (χ1) is 8.75. The maximum atomic E-state index is 13.2. The molecule has 0 atom stereocenters. The Morgan fingerprint density at radius 2 is 2.22 bits per heavy atom. The summed E-state index contributed by atoms with van der Waals surface area (Å²) in [5, 5.41) is 11.4. The number of aromatic nitrogens is 3. The summed E-state index contributed by atoms with van der Waals surface area (Å²) < 4.78 is 13.2. The number of H-pyrrole nitrogens is 1. The van der Waals surface area contributed by atoms with Gasteiger partial charge in [0.25, 0.3) is 0 Å². The molecule has 0 unspecified atom stereocenters. The summed E-state index contributed by atoms with van der Waals surface area (Å²) in [6.07, 6.45) is 1.93. The van der Waals surface area contributed by atoms with E-state index >= 15 is 0 Å². The third-order valence-corrected chi connectivity index (χ3v) is 2.23. The molecule has 0 spiro atoms. The van der Waals surface area contributed by atoms with Gasteiger partial charge in [-0.15, -0.1) is 0 Å². The average molecular weight is 249 g/mol. The number of benzene rings is 1. The molecule has 6 nitrogen and oxygen atoms in total. The normalized spacial score (nSPS) is 10.1. The summed E-state index contributed by atoms with van der Waals surface area (Å²) in [7, 11) is 0. The van der Waals surface area contributed by atoms with Gasteiger partial charge in [0.15, 0.2) is 0 Å². The number of anilines is 1. The van der Waals surface area contributed by atoms with Gasteiger partial charge < -0.3 is 10.6 Å². The number of carbonyl (C=O) groups is 1. The van der Waals surface area contributed by atoms with Crippen molar-refractivity contribution < 1.29 is 9.18 Å². The molecule has 0 saturated carbocycles. The molecule has 2 aromatic rings. The molecular formula is C11H12FN5O. The molecule has 0 fully saturated rings. The largest absolute Gasteiger partial charge is 0.337 e. The number of nitrogens with one attached hydrogen (secondary N) is 3. The van der Waals surface area contributed by atoms with Crippen LogP contribution >= 0.6 is 0 Å². The smallest absolute Gasteiger partial charge is 0.319 e. The lowest BCUT2D eigenvalue weighted by atomic mass is 10.3. The molecule has 2 amide bonds. The fourth-order valence-corrected chi connectivity index (χ4v) is 1.37. The number of halogens is 1. The fourth-order valence-electron chi connectivity index (χ4n) is 1.37. The Labute approximate surface area is 103 Å². The van der Waals surface area contributed by atoms with E-state index in [2.05, 4.69) is 25.8 Å². The van der Waals surface area contributed by atoms with Crippen LogP contribution in [-0.4, -0.2) is 27.8 Å². The van der Waals surface area contributed by atoms with Gasteiger partial charge in [-0.1, -0.05) is 12.1 Å². The van der Waals surface area contributed by atoms with Crippen LogP contribution in [0.15, 0.2) is 30.6 Å². The van der Waals surface area contributed by atoms with Crippen LogP contribution in [-0.2, 0) is 6.42 Å². The van der Waals surface area contributed by atoms with E-state index < -0.39 is 11.8 Å². The van der Waals surface area contributed by atoms with Gasteiger partial charge in [-0.3, -0.25) is 5.10 Å². The number of aromatic amines is 1. The molecule has 1 aromatic heterocycles. The number of amides is 2. The van der Waals surface area contributed by atoms with Gasteiger partial charge in [0.2, 0.25) is 0 Å². The van der Waals surface area contributed by atoms with E-state index in [9.17, 15) is 9.18 Å². The van der Waals surface area contributed by atoms with Gasteiger partial charge >= 0.3 is 6.03 Å². The van der Waals surface area contributed by atoms with Crippen molar-refractivity contribution in [2.24, 2.45) is 0 Å². The number of rotatable bonds is 4. The van der Waals surface area contributed by atoms with E-state index in [1.165, 1.54) is 18.5 Å². The molecule has 18 heavy (non-hydrogen) atoms. The summed E-state index contributed by atoms with van der Waals surface area (Å²) in [6, 6.07) is 5.52. The molecule has 0 aliphatic heterocycles. The van der Waals surface area contributed by atoms with Crippen molar-refractivity contribution in [2.75, 3.05) is 11.9 Å². The monoisotopic (exact) mass is 249 g/mol. The van der Waals surface area contributed by atoms with Gasteiger partial charge in [-0.05, 0) is 12.1 Å². The average Bonchev–Trinajstić information content (AvgIpc) is 2.85. The number of hydrogen-bond acceptors (Lipinski definition) is 3. The molecule has 0 radical (unpaired) electrons. The first kappa shape index (κ1) is 12.0. The van der Waals surface area contributed by atoms with Crippen molar-refractivity contribution in [3.63, 3.8) is 0 Å². The number of hydrogen-bond donors (Lipinski definition) is 3. The first-order valence-electron chi connectivity index (χ1n) is 5.39. The van der Waals surface area contributed by atoms with E-state index in [-0.39, 0.29) is 5.69 Å². The minimum Gasteiger partial charge on any atom is -0.337 e. The van der Waals surface area contributed by atoms with Crippen LogP contribution < -0.4 is 10.6 Å². The number of para-hydroxylation sites is 1. The van der Waals surface area contributed by atoms with Crippen molar-refractivity contribution in [3.05, 3.63) is 42.2 Å². The van der Waals surface area contributed by atoms with Crippen LogP contribution in [0.5, 0.6) is 0 Å². The predicted molar refractivity (Wildman–Crippen MR) is 63.5 cm³/mol. The Kier molecular flexibility index (Phi) is 3.85. The third kappa shape index (κ3) is 3.27. The third-order valence-electron chi connectivity index (χ3n) is 2.23. The predicted octanol–water partition coefficient (Wildman–Crippen LogP) is 1.31. The standard InChI is InChI=1S/C11H12FN5O/c12-8-3-1-2-4-9(8)16-11(18)13-6-5-10-14-7-15-17-10/h1-4,7H,5-6H2,(H2,13,16,18)(H,14,15,17). The zero-order valence-electron chi connectivity index (χ0n) is 9.48. The zero-order chi connectivity index (χ0) is 12.8. The Hall–Kier alpha value is -2.44. The minimum atomic E-state index is -0.470. The van der Waals surface area contributed by atoms with E-state index in [4.69, 9.17) is 0 Å². The number of carbonyl (C=O) groups excluding carboxylic acids is 1. The molecule has 1 aromatic carbocycles. The van der Waals surface area contributed by atoms with E-state index in [0.717, 1.165) is 0 Å². The quantitative estimate of drug-likeness (QED) is 0.764. The van der Waals surface area contributed by atoms with Gasteiger partial charge in [0.05, 0.1) is 5.69 Å². The maximum absolute atomic E-state index is 13.2. The number of urea groups is 1. The van der Waals surface area contributed by atoms with E-state index in [1.807, 2.05) is 0 Å². The molecule has 7 heteroatoms. The van der Waals surface area contributed by atoms with Crippen molar-refractivity contribution in [2.45, 2.75) is 6.42 Å². The fraction of sp³-hybridized carbons (Fsp3) is 0.182. The van der Waals surface area contributed by atoms with Crippen molar-refractivity contribution in [1.29, 1.82) is 0 Å². The molecule has 2 rings (SSSR count). The van der Waals surface area contributed by atoms with Crippen molar-refractivity contribution in [1.82, 2.24) is 20.5 Å². The lowest BCUT2D eigenvalue weighted by Crippen LogP contribution is -2.30. The second-order valence-electron chi connectivity index (χ2n) is 3.54. The molecule has 1 heterocycles. The Bertz CT molecular complexity index is 514. The van der Waals surface area contributed by atoms with Gasteiger partial charge in [-0.25, -0.2) is 14.2 Å². The topological polar surface area (TPSA) is 82.7 Å². The minimum absolute atomic E-state index is 0.148. The van der Waals surface area contributed by atoms with Crippen LogP contribution in [0.1, 0.15) is 5.82 Å². The zero-order valence-corrected chi connectivity index (χ0v) is 9.48. The highest BCUT2D eigenvalue weighted by Crippen LogP contribution is 2.11. The highest BCUT2D eigenvalue weighted by molar-refractivity contribution is 5.89. The maximum Gasteiger partial charge on any atom is 0.319 e. The molecule has 0 aliphatic carbocycles. The highest BCUT2D eigenvalue weighted by atomic mass is 19.1. The molecule has 94 valence electrons. The van der Waals surface area contributed by atoms with Gasteiger partial charge in [0, 0.05) is 13.0 Å².